The van der Waals surface area contributed by atoms with Gasteiger partial charge in [0.2, 0.25) is 0 Å². The van der Waals surface area contributed by atoms with E-state index in [1.165, 1.54) is 0 Å². The Bertz CT molecular complexity index is 476. The molecule has 1 heterocycles. The summed E-state index contributed by atoms with van der Waals surface area (Å²) >= 11 is 0. The molecule has 0 saturated carbocycles. The predicted molar refractivity (Wildman–Crippen MR) is 84.1 cm³/mol. The SMILES string of the molecule is C=Cc1cc(C)c(OCCN2CCOCC2)cc1C=C. The smallest absolute Gasteiger partial charge is 0.122 e. The van der Waals surface area contributed by atoms with Gasteiger partial charge in [-0.25, -0.2) is 0 Å². The van der Waals surface area contributed by atoms with Crippen molar-refractivity contribution in [2.24, 2.45) is 0 Å². The zero-order chi connectivity index (χ0) is 14.4. The number of hydrogen-bond donors (Lipinski definition) is 0. The first-order valence-electron chi connectivity index (χ1n) is 7.07. The molecule has 3 heteroatoms. The summed E-state index contributed by atoms with van der Waals surface area (Å²) in [5.41, 5.74) is 3.29. The summed E-state index contributed by atoms with van der Waals surface area (Å²) in [4.78, 5) is 2.37. The summed E-state index contributed by atoms with van der Waals surface area (Å²) in [6.07, 6.45) is 3.69. The minimum Gasteiger partial charge on any atom is -0.492 e. The summed E-state index contributed by atoms with van der Waals surface area (Å²) in [6.45, 7) is 15.0. The van der Waals surface area contributed by atoms with Crippen LogP contribution in [-0.2, 0) is 4.74 Å². The molecule has 2 rings (SSSR count). The van der Waals surface area contributed by atoms with Crippen LogP contribution in [0.4, 0.5) is 0 Å². The third-order valence-electron chi connectivity index (χ3n) is 3.59. The lowest BCUT2D eigenvalue weighted by atomic mass is 10.0. The summed E-state index contributed by atoms with van der Waals surface area (Å²) in [6, 6.07) is 4.13. The molecule has 0 bridgehead atoms. The molecule has 0 aromatic heterocycles. The average molecular weight is 273 g/mol. The van der Waals surface area contributed by atoms with Crippen LogP contribution in [0.2, 0.25) is 0 Å². The first-order valence-corrected chi connectivity index (χ1v) is 7.07. The highest BCUT2D eigenvalue weighted by atomic mass is 16.5. The van der Waals surface area contributed by atoms with Crippen molar-refractivity contribution >= 4 is 12.2 Å². The van der Waals surface area contributed by atoms with E-state index < -0.39 is 0 Å². The van der Waals surface area contributed by atoms with Crippen LogP contribution >= 0.6 is 0 Å². The number of aryl methyl sites for hydroxylation is 1. The predicted octanol–water partition coefficient (Wildman–Crippen LogP) is 2.99. The van der Waals surface area contributed by atoms with E-state index in [9.17, 15) is 0 Å². The minimum atomic E-state index is 0.699. The van der Waals surface area contributed by atoms with Crippen LogP contribution in [0.3, 0.4) is 0 Å². The largest absolute Gasteiger partial charge is 0.492 e. The van der Waals surface area contributed by atoms with Crippen molar-refractivity contribution in [2.75, 3.05) is 39.5 Å². The number of benzene rings is 1. The highest BCUT2D eigenvalue weighted by Gasteiger charge is 2.10. The third kappa shape index (κ3) is 3.71. The minimum absolute atomic E-state index is 0.699. The van der Waals surface area contributed by atoms with Crippen LogP contribution in [0.1, 0.15) is 16.7 Å². The Hall–Kier alpha value is -1.58. The van der Waals surface area contributed by atoms with E-state index in [0.29, 0.717) is 6.61 Å². The number of rotatable bonds is 6. The summed E-state index contributed by atoms with van der Waals surface area (Å²) in [5.74, 6) is 0.929. The van der Waals surface area contributed by atoms with Crippen LogP contribution in [0.25, 0.3) is 12.2 Å². The van der Waals surface area contributed by atoms with Gasteiger partial charge in [0.15, 0.2) is 0 Å². The van der Waals surface area contributed by atoms with E-state index in [1.54, 1.807) is 0 Å². The van der Waals surface area contributed by atoms with Crippen molar-refractivity contribution in [3.8, 4) is 5.75 Å². The van der Waals surface area contributed by atoms with Gasteiger partial charge in [-0.15, -0.1) is 0 Å². The Balaban J connectivity index is 1.94. The van der Waals surface area contributed by atoms with Gasteiger partial charge < -0.3 is 9.47 Å². The summed E-state index contributed by atoms with van der Waals surface area (Å²) in [7, 11) is 0. The maximum Gasteiger partial charge on any atom is 0.122 e. The Morgan fingerprint density at radius 2 is 1.85 bits per heavy atom. The Morgan fingerprint density at radius 3 is 2.50 bits per heavy atom. The zero-order valence-corrected chi connectivity index (χ0v) is 12.2. The molecule has 0 spiro atoms. The number of hydrogen-bond acceptors (Lipinski definition) is 3. The first kappa shape index (κ1) is 14.8. The van der Waals surface area contributed by atoms with Crippen LogP contribution < -0.4 is 4.74 Å². The molecule has 1 aliphatic heterocycles. The first-order chi connectivity index (χ1) is 9.74. The molecule has 0 N–H and O–H groups in total. The van der Waals surface area contributed by atoms with Crippen molar-refractivity contribution in [2.45, 2.75) is 6.92 Å². The van der Waals surface area contributed by atoms with Crippen molar-refractivity contribution in [1.29, 1.82) is 0 Å². The fourth-order valence-electron chi connectivity index (χ4n) is 2.34. The van der Waals surface area contributed by atoms with Crippen molar-refractivity contribution in [1.82, 2.24) is 4.90 Å². The van der Waals surface area contributed by atoms with E-state index in [0.717, 1.165) is 55.3 Å². The monoisotopic (exact) mass is 273 g/mol. The molecule has 20 heavy (non-hydrogen) atoms. The van der Waals surface area contributed by atoms with E-state index in [4.69, 9.17) is 9.47 Å². The van der Waals surface area contributed by atoms with Gasteiger partial charge in [0.25, 0.3) is 0 Å². The van der Waals surface area contributed by atoms with E-state index >= 15 is 0 Å². The second-order valence-electron chi connectivity index (χ2n) is 4.96. The molecule has 0 unspecified atom stereocenters. The van der Waals surface area contributed by atoms with E-state index in [1.807, 2.05) is 18.2 Å². The second kappa shape index (κ2) is 7.27. The molecule has 1 fully saturated rings. The average Bonchev–Trinajstić information content (AvgIpc) is 2.49. The maximum absolute atomic E-state index is 5.92. The lowest BCUT2D eigenvalue weighted by Gasteiger charge is -2.26. The molecule has 1 aliphatic rings. The van der Waals surface area contributed by atoms with Gasteiger partial charge in [-0.05, 0) is 35.7 Å². The fourth-order valence-corrected chi connectivity index (χ4v) is 2.34. The topological polar surface area (TPSA) is 21.7 Å². The van der Waals surface area contributed by atoms with E-state index in [-0.39, 0.29) is 0 Å². The maximum atomic E-state index is 5.92. The Labute approximate surface area is 121 Å². The molecule has 0 atom stereocenters. The molecule has 108 valence electrons. The van der Waals surface area contributed by atoms with Gasteiger partial charge in [-0.2, -0.15) is 0 Å². The van der Waals surface area contributed by atoms with Crippen LogP contribution in [0.5, 0.6) is 5.75 Å². The number of nitrogens with zero attached hydrogens (tertiary/aromatic N) is 1. The van der Waals surface area contributed by atoms with Crippen molar-refractivity contribution in [3.63, 3.8) is 0 Å². The zero-order valence-electron chi connectivity index (χ0n) is 12.2. The second-order valence-corrected chi connectivity index (χ2v) is 4.96. The molecular formula is C17H23NO2. The van der Waals surface area contributed by atoms with E-state index in [2.05, 4.69) is 31.0 Å². The standard InChI is InChI=1S/C17H23NO2/c1-4-15-12-14(3)17(13-16(15)5-2)20-11-8-18-6-9-19-10-7-18/h4-5,12-13H,1-2,6-11H2,3H3. The molecular weight excluding hydrogens is 250 g/mol. The highest BCUT2D eigenvalue weighted by Crippen LogP contribution is 2.24. The van der Waals surface area contributed by atoms with Gasteiger partial charge in [-0.1, -0.05) is 25.3 Å². The molecule has 1 aromatic rings. The Morgan fingerprint density at radius 1 is 1.20 bits per heavy atom. The van der Waals surface area contributed by atoms with Crippen molar-refractivity contribution < 1.29 is 9.47 Å². The molecule has 3 nitrogen and oxygen atoms in total. The molecule has 0 amide bonds. The third-order valence-corrected chi connectivity index (χ3v) is 3.59. The molecule has 1 aromatic carbocycles. The van der Waals surface area contributed by atoms with Crippen molar-refractivity contribution in [3.05, 3.63) is 42.0 Å². The van der Waals surface area contributed by atoms with Crippen LogP contribution in [0, 0.1) is 6.92 Å². The molecule has 1 saturated heterocycles. The lowest BCUT2D eigenvalue weighted by molar-refractivity contribution is 0.0322. The quantitative estimate of drug-likeness (QED) is 0.795. The van der Waals surface area contributed by atoms with Gasteiger partial charge in [0.05, 0.1) is 13.2 Å². The summed E-state index contributed by atoms with van der Waals surface area (Å²) in [5, 5.41) is 0. The number of ether oxygens (including phenoxy) is 2. The molecule has 0 aliphatic carbocycles. The fraction of sp³-hybridized carbons (Fsp3) is 0.412. The lowest BCUT2D eigenvalue weighted by Crippen LogP contribution is -2.38. The normalized spacial score (nSPS) is 15.8. The van der Waals surface area contributed by atoms with Crippen LogP contribution in [0.15, 0.2) is 25.3 Å². The number of morpholine rings is 1. The van der Waals surface area contributed by atoms with Gasteiger partial charge in [0.1, 0.15) is 12.4 Å². The summed E-state index contributed by atoms with van der Waals surface area (Å²) < 4.78 is 11.3. The highest BCUT2D eigenvalue weighted by molar-refractivity contribution is 5.66. The Kier molecular flexibility index (Phi) is 5.39. The van der Waals surface area contributed by atoms with Gasteiger partial charge in [-0.3, -0.25) is 4.90 Å². The van der Waals surface area contributed by atoms with Crippen LogP contribution in [-0.4, -0.2) is 44.4 Å². The van der Waals surface area contributed by atoms with Gasteiger partial charge >= 0.3 is 0 Å². The molecule has 0 radical (unpaired) electrons. The van der Waals surface area contributed by atoms with Gasteiger partial charge in [0, 0.05) is 19.6 Å².